The Morgan fingerprint density at radius 2 is 1.73 bits per heavy atom. The van der Waals surface area contributed by atoms with Crippen LogP contribution in [0.25, 0.3) is 5.70 Å². The third-order valence-electron chi connectivity index (χ3n) is 6.28. The molecule has 11 heteroatoms. The molecular weight excluding hydrogens is 548 g/mol. The quantitative estimate of drug-likeness (QED) is 0.215. The summed E-state index contributed by atoms with van der Waals surface area (Å²) in [7, 11) is -3.83. The molecule has 5 N–H and O–H groups in total. The third-order valence-corrected chi connectivity index (χ3v) is 7.95. The number of ether oxygens (including phenoxy) is 1. The lowest BCUT2D eigenvalue weighted by atomic mass is 9.93. The Morgan fingerprint density at radius 3 is 2.35 bits per heavy atom. The van der Waals surface area contributed by atoms with Gasteiger partial charge >= 0.3 is 5.97 Å². The number of carboxylic acid groups (broad SMARTS) is 1. The first-order valence-corrected chi connectivity index (χ1v) is 14.8. The molecular formula is C29H26N4O5S2. The zero-order valence-corrected chi connectivity index (χ0v) is 22.9. The van der Waals surface area contributed by atoms with Crippen molar-refractivity contribution in [2.45, 2.75) is 24.2 Å². The summed E-state index contributed by atoms with van der Waals surface area (Å²) in [6.07, 6.45) is 2.18. The number of aromatic carboxylic acids is 1. The molecule has 1 heterocycles. The fourth-order valence-corrected chi connectivity index (χ4v) is 5.32. The molecule has 0 atom stereocenters. The molecule has 9 nitrogen and oxygen atoms in total. The van der Waals surface area contributed by atoms with E-state index in [-0.39, 0.29) is 16.5 Å². The van der Waals surface area contributed by atoms with E-state index < -0.39 is 16.0 Å². The fraction of sp³-hybridized carbons (Fsp3) is 0.138. The molecule has 0 radical (unpaired) electrons. The van der Waals surface area contributed by atoms with E-state index in [1.807, 2.05) is 54.6 Å². The minimum atomic E-state index is -3.83. The topological polar surface area (TPSA) is 158 Å². The Bertz CT molecular complexity index is 1710. The van der Waals surface area contributed by atoms with Gasteiger partial charge in [-0.2, -0.15) is 0 Å². The number of benzene rings is 3. The summed E-state index contributed by atoms with van der Waals surface area (Å²) in [5.41, 5.74) is 10.3. The average Bonchev–Trinajstić information content (AvgIpc) is 3.67. The van der Waals surface area contributed by atoms with Crippen LogP contribution in [-0.2, 0) is 16.4 Å². The van der Waals surface area contributed by atoms with Crippen LogP contribution in [0.4, 0.5) is 5.13 Å². The van der Waals surface area contributed by atoms with Gasteiger partial charge in [-0.05, 0) is 54.8 Å². The first kappa shape index (κ1) is 27.3. The van der Waals surface area contributed by atoms with Crippen molar-refractivity contribution < 1.29 is 23.1 Å². The van der Waals surface area contributed by atoms with Crippen LogP contribution in [-0.4, -0.2) is 30.2 Å². The van der Waals surface area contributed by atoms with Gasteiger partial charge in [-0.1, -0.05) is 42.5 Å². The van der Waals surface area contributed by atoms with E-state index in [1.165, 1.54) is 17.5 Å². The molecule has 0 saturated heterocycles. The molecule has 3 aromatic carbocycles. The van der Waals surface area contributed by atoms with Crippen molar-refractivity contribution in [1.29, 1.82) is 0 Å². The van der Waals surface area contributed by atoms with Crippen molar-refractivity contribution in [2.24, 2.45) is 21.8 Å². The van der Waals surface area contributed by atoms with Crippen molar-refractivity contribution in [2.75, 3.05) is 0 Å². The minimum absolute atomic E-state index is 0.0144. The number of hydrogen-bond donors (Lipinski definition) is 3. The monoisotopic (exact) mass is 574 g/mol. The Balaban J connectivity index is 1.58. The van der Waals surface area contributed by atoms with E-state index in [1.54, 1.807) is 12.1 Å². The number of primary sulfonamides is 1. The lowest BCUT2D eigenvalue weighted by Gasteiger charge is -2.16. The highest BCUT2D eigenvalue weighted by Crippen LogP contribution is 2.38. The zero-order chi connectivity index (χ0) is 28.3. The number of thiazole rings is 1. The molecule has 0 spiro atoms. The van der Waals surface area contributed by atoms with Crippen LogP contribution in [0.3, 0.4) is 0 Å². The van der Waals surface area contributed by atoms with Gasteiger partial charge in [0.2, 0.25) is 15.2 Å². The molecule has 204 valence electrons. The highest BCUT2D eigenvalue weighted by Gasteiger charge is 2.32. The highest BCUT2D eigenvalue weighted by molar-refractivity contribution is 7.89. The second-order valence-electron chi connectivity index (χ2n) is 9.29. The fourth-order valence-electron chi connectivity index (χ4n) is 4.13. The average molecular weight is 575 g/mol. The Hall–Kier alpha value is -4.32. The summed E-state index contributed by atoms with van der Waals surface area (Å²) in [5.74, 6) is 0.319. The first-order valence-electron chi connectivity index (χ1n) is 12.4. The summed E-state index contributed by atoms with van der Waals surface area (Å²) >= 11 is 1.15. The highest BCUT2D eigenvalue weighted by atomic mass is 32.2. The van der Waals surface area contributed by atoms with Crippen molar-refractivity contribution in [3.05, 3.63) is 107 Å². The van der Waals surface area contributed by atoms with Crippen LogP contribution >= 0.6 is 11.3 Å². The van der Waals surface area contributed by atoms with Crippen molar-refractivity contribution in [1.82, 2.24) is 4.98 Å². The maximum atomic E-state index is 11.8. The maximum absolute atomic E-state index is 11.8. The van der Waals surface area contributed by atoms with E-state index in [4.69, 9.17) is 20.6 Å². The van der Waals surface area contributed by atoms with Gasteiger partial charge in [-0.15, -0.1) is 11.3 Å². The van der Waals surface area contributed by atoms with E-state index >= 15 is 0 Å². The van der Waals surface area contributed by atoms with Gasteiger partial charge in [0, 0.05) is 34.6 Å². The molecule has 0 bridgehead atoms. The molecule has 1 saturated carbocycles. The number of carboxylic acids is 1. The number of sulfonamides is 1. The largest absolute Gasteiger partial charge is 0.476 e. The summed E-state index contributed by atoms with van der Waals surface area (Å²) in [4.78, 5) is 20.3. The molecule has 1 aliphatic carbocycles. The van der Waals surface area contributed by atoms with Gasteiger partial charge in [-0.25, -0.2) is 28.3 Å². The van der Waals surface area contributed by atoms with E-state index in [9.17, 15) is 18.3 Å². The van der Waals surface area contributed by atoms with Gasteiger partial charge < -0.3 is 15.6 Å². The zero-order valence-electron chi connectivity index (χ0n) is 21.2. The summed E-state index contributed by atoms with van der Waals surface area (Å²) in [5, 5.41) is 16.4. The third kappa shape index (κ3) is 6.63. The number of rotatable bonds is 10. The van der Waals surface area contributed by atoms with Crippen LogP contribution in [0.15, 0.2) is 99.7 Å². The molecule has 0 unspecified atom stereocenters. The standard InChI is InChI=1S/C29H26N4O5S2/c30-26(20-5-4-8-22(16-20)38-21-6-2-1-3-7-21)24(15-18-9-13-23(14-10-18)40(31,36)37)27(19-11-12-19)33-29-32-25(17-39-29)28(34)35/h1-10,13-14,16-17,19H,11-12,15,30H2,(H,34,35)(H2,31,36,37). The number of aromatic nitrogens is 1. The molecule has 0 amide bonds. The summed E-state index contributed by atoms with van der Waals surface area (Å²) in [6, 6.07) is 23.1. The van der Waals surface area contributed by atoms with Crippen LogP contribution in [0, 0.1) is 5.92 Å². The van der Waals surface area contributed by atoms with Gasteiger partial charge in [0.25, 0.3) is 0 Å². The normalized spacial score (nSPS) is 14.5. The molecule has 1 aliphatic rings. The molecule has 0 aliphatic heterocycles. The number of nitrogens with two attached hydrogens (primary N) is 2. The van der Waals surface area contributed by atoms with Crippen LogP contribution < -0.4 is 15.6 Å². The summed E-state index contributed by atoms with van der Waals surface area (Å²) in [6.45, 7) is 0. The molecule has 40 heavy (non-hydrogen) atoms. The number of nitrogens with zero attached hydrogens (tertiary/aromatic N) is 2. The van der Waals surface area contributed by atoms with Crippen LogP contribution in [0.5, 0.6) is 11.5 Å². The molecule has 4 aromatic rings. The number of hydrogen-bond acceptors (Lipinski definition) is 8. The van der Waals surface area contributed by atoms with E-state index in [0.717, 1.165) is 46.6 Å². The lowest BCUT2D eigenvalue weighted by molar-refractivity contribution is 0.0691. The van der Waals surface area contributed by atoms with Crippen LogP contribution in [0.1, 0.15) is 34.5 Å². The Labute approximate surface area is 235 Å². The van der Waals surface area contributed by atoms with E-state index in [0.29, 0.717) is 28.7 Å². The first-order chi connectivity index (χ1) is 19.2. The Morgan fingerprint density at radius 1 is 1.02 bits per heavy atom. The number of allylic oxidation sites excluding steroid dienone is 1. The predicted octanol–water partition coefficient (Wildman–Crippen LogP) is 5.38. The second kappa shape index (κ2) is 11.4. The molecule has 1 aromatic heterocycles. The maximum Gasteiger partial charge on any atom is 0.355 e. The minimum Gasteiger partial charge on any atom is -0.476 e. The number of carbonyl (C=O) groups is 1. The SMILES string of the molecule is NC(=C(Cc1ccc(S(N)(=O)=O)cc1)C(=Nc1nc(C(=O)O)cs1)C1CC1)c1cccc(Oc2ccccc2)c1. The molecule has 1 fully saturated rings. The number of para-hydroxylation sites is 1. The van der Waals surface area contributed by atoms with Gasteiger partial charge in [0.1, 0.15) is 11.5 Å². The lowest BCUT2D eigenvalue weighted by Crippen LogP contribution is -2.15. The van der Waals surface area contributed by atoms with Gasteiger partial charge in [-0.3, -0.25) is 0 Å². The molecule has 5 rings (SSSR count). The van der Waals surface area contributed by atoms with E-state index in [2.05, 4.69) is 4.98 Å². The number of aliphatic imine (C=N–C) groups is 1. The Kier molecular flexibility index (Phi) is 7.78. The smallest absolute Gasteiger partial charge is 0.355 e. The van der Waals surface area contributed by atoms with Gasteiger partial charge in [0.15, 0.2) is 5.69 Å². The van der Waals surface area contributed by atoms with Gasteiger partial charge in [0.05, 0.1) is 10.6 Å². The van der Waals surface area contributed by atoms with Crippen LogP contribution in [0.2, 0.25) is 0 Å². The second-order valence-corrected chi connectivity index (χ2v) is 11.7. The van der Waals surface area contributed by atoms with Crippen molar-refractivity contribution in [3.8, 4) is 11.5 Å². The predicted molar refractivity (Wildman–Crippen MR) is 154 cm³/mol. The van der Waals surface area contributed by atoms with Crippen molar-refractivity contribution >= 4 is 43.9 Å². The van der Waals surface area contributed by atoms with Crippen molar-refractivity contribution in [3.63, 3.8) is 0 Å². The summed E-state index contributed by atoms with van der Waals surface area (Å²) < 4.78 is 29.5.